The summed E-state index contributed by atoms with van der Waals surface area (Å²) in [4.78, 5) is 0. The van der Waals surface area contributed by atoms with Crippen LogP contribution in [-0.2, 0) is 0 Å². The van der Waals surface area contributed by atoms with Crippen LogP contribution in [0.3, 0.4) is 0 Å². The van der Waals surface area contributed by atoms with E-state index in [1.165, 1.54) is 5.56 Å². The van der Waals surface area contributed by atoms with Crippen molar-refractivity contribution in [2.75, 3.05) is 0 Å². The molecule has 1 nitrogen and oxygen atoms in total. The van der Waals surface area contributed by atoms with E-state index in [-0.39, 0.29) is 0 Å². The van der Waals surface area contributed by atoms with E-state index in [0.717, 1.165) is 5.56 Å². The quantitative estimate of drug-likeness (QED) is 0.577. The molecule has 0 radical (unpaired) electrons. The smallest absolute Gasteiger partial charge is 0.122 e. The molecule has 0 saturated carbocycles. The fourth-order valence-electron chi connectivity index (χ4n) is 1.04. The van der Waals surface area contributed by atoms with Gasteiger partial charge in [0.25, 0.3) is 0 Å². The van der Waals surface area contributed by atoms with Crippen LogP contribution in [0.1, 0.15) is 11.1 Å². The van der Waals surface area contributed by atoms with Crippen molar-refractivity contribution in [1.29, 1.82) is 0 Å². The lowest BCUT2D eigenvalue weighted by Gasteiger charge is -2.14. The first-order valence-electron chi connectivity index (χ1n) is 4.87. The molecule has 0 fully saturated rings. The van der Waals surface area contributed by atoms with Gasteiger partial charge in [0.2, 0.25) is 0 Å². The van der Waals surface area contributed by atoms with Crippen LogP contribution in [0.15, 0.2) is 29.6 Å². The molecule has 1 aromatic carbocycles. The van der Waals surface area contributed by atoms with Crippen molar-refractivity contribution < 1.29 is 5.11 Å². The Kier molecular flexibility index (Phi) is 3.16. The van der Waals surface area contributed by atoms with Gasteiger partial charge >= 0.3 is 0 Å². The maximum absolute atomic E-state index is 9.83. The third kappa shape index (κ3) is 3.03. The molecular weight excluding hydrogens is 188 g/mol. The molecule has 0 spiro atoms. The third-order valence-corrected chi connectivity index (χ3v) is 3.83. The zero-order valence-corrected chi connectivity index (χ0v) is 10.3. The van der Waals surface area contributed by atoms with Gasteiger partial charge in [0.15, 0.2) is 0 Å². The fraction of sp³-hybridized carbons (Fsp3) is 0.333. The van der Waals surface area contributed by atoms with Gasteiger partial charge in [-0.15, -0.1) is 0 Å². The summed E-state index contributed by atoms with van der Waals surface area (Å²) < 4.78 is 0. The standard InChI is InChI=1S/C12H18OSi/c1-10-5-7-11(8-6-10)9-12(13)14(2,3)4/h5-9,13H,1-4H3/b12-9-. The summed E-state index contributed by atoms with van der Waals surface area (Å²) in [6, 6.07) is 8.18. The summed E-state index contributed by atoms with van der Waals surface area (Å²) in [7, 11) is -1.54. The van der Waals surface area contributed by atoms with Gasteiger partial charge in [-0.2, -0.15) is 0 Å². The molecule has 0 aliphatic carbocycles. The van der Waals surface area contributed by atoms with Crippen molar-refractivity contribution in [3.63, 3.8) is 0 Å². The van der Waals surface area contributed by atoms with Crippen LogP contribution in [0.2, 0.25) is 19.6 Å². The Morgan fingerprint density at radius 2 is 1.64 bits per heavy atom. The lowest BCUT2D eigenvalue weighted by Crippen LogP contribution is -2.23. The predicted molar refractivity (Wildman–Crippen MR) is 65.1 cm³/mol. The molecular formula is C12H18OSi. The Morgan fingerprint density at radius 1 is 1.14 bits per heavy atom. The van der Waals surface area contributed by atoms with Crippen molar-refractivity contribution in [2.45, 2.75) is 26.6 Å². The number of aliphatic hydroxyl groups excluding tert-OH is 1. The first-order chi connectivity index (χ1) is 6.39. The van der Waals surface area contributed by atoms with E-state index in [4.69, 9.17) is 0 Å². The molecule has 0 saturated heterocycles. The van der Waals surface area contributed by atoms with Crippen LogP contribution in [0, 0.1) is 6.92 Å². The molecule has 0 amide bonds. The highest BCUT2D eigenvalue weighted by atomic mass is 28.3. The molecule has 2 heteroatoms. The number of benzene rings is 1. The van der Waals surface area contributed by atoms with Crippen LogP contribution in [0.25, 0.3) is 6.08 Å². The highest BCUT2D eigenvalue weighted by Crippen LogP contribution is 2.15. The highest BCUT2D eigenvalue weighted by molar-refractivity contribution is 6.82. The van der Waals surface area contributed by atoms with E-state index in [0.29, 0.717) is 5.38 Å². The van der Waals surface area contributed by atoms with Gasteiger partial charge in [-0.1, -0.05) is 49.5 Å². The first kappa shape index (κ1) is 11.1. The average Bonchev–Trinajstić information content (AvgIpc) is 2.07. The van der Waals surface area contributed by atoms with E-state index in [2.05, 4.69) is 38.7 Å². The van der Waals surface area contributed by atoms with Crippen LogP contribution in [0.4, 0.5) is 0 Å². The minimum absolute atomic E-state index is 0.557. The summed E-state index contributed by atoms with van der Waals surface area (Å²) in [5.41, 5.74) is 2.32. The monoisotopic (exact) mass is 206 g/mol. The minimum atomic E-state index is -1.54. The van der Waals surface area contributed by atoms with Crippen molar-refractivity contribution in [3.8, 4) is 0 Å². The molecule has 0 aromatic heterocycles. The number of aryl methyl sites for hydroxylation is 1. The lowest BCUT2D eigenvalue weighted by atomic mass is 10.1. The average molecular weight is 206 g/mol. The third-order valence-electron chi connectivity index (χ3n) is 2.15. The highest BCUT2D eigenvalue weighted by Gasteiger charge is 2.18. The molecule has 0 atom stereocenters. The molecule has 0 bridgehead atoms. The normalized spacial score (nSPS) is 13.0. The van der Waals surface area contributed by atoms with E-state index in [9.17, 15) is 5.11 Å². The molecule has 0 aliphatic rings. The van der Waals surface area contributed by atoms with Crippen molar-refractivity contribution >= 4 is 14.1 Å². The van der Waals surface area contributed by atoms with E-state index < -0.39 is 8.07 Å². The molecule has 0 unspecified atom stereocenters. The van der Waals surface area contributed by atoms with Crippen molar-refractivity contribution in [3.05, 3.63) is 40.8 Å². The zero-order valence-electron chi connectivity index (χ0n) is 9.33. The fourth-order valence-corrected chi connectivity index (χ4v) is 1.64. The summed E-state index contributed by atoms with van der Waals surface area (Å²) in [5.74, 6) is 0. The van der Waals surface area contributed by atoms with Crippen LogP contribution in [0.5, 0.6) is 0 Å². The number of aliphatic hydroxyl groups is 1. The van der Waals surface area contributed by atoms with E-state index in [1.807, 2.05) is 18.2 Å². The van der Waals surface area contributed by atoms with Crippen LogP contribution >= 0.6 is 0 Å². The Balaban J connectivity index is 2.93. The maximum Gasteiger partial charge on any atom is 0.122 e. The molecule has 1 aromatic rings. The lowest BCUT2D eigenvalue weighted by molar-refractivity contribution is 0.449. The van der Waals surface area contributed by atoms with Gasteiger partial charge in [-0.05, 0) is 18.6 Å². The largest absolute Gasteiger partial charge is 0.517 e. The second kappa shape index (κ2) is 4.01. The molecule has 76 valence electrons. The summed E-state index contributed by atoms with van der Waals surface area (Å²) in [6.45, 7) is 8.46. The number of hydrogen-bond donors (Lipinski definition) is 1. The van der Waals surface area contributed by atoms with Crippen molar-refractivity contribution in [2.24, 2.45) is 0 Å². The van der Waals surface area contributed by atoms with Gasteiger partial charge < -0.3 is 5.11 Å². The Bertz CT molecular complexity index is 330. The number of rotatable bonds is 2. The van der Waals surface area contributed by atoms with Gasteiger partial charge in [0.1, 0.15) is 8.07 Å². The zero-order chi connectivity index (χ0) is 10.8. The second-order valence-electron chi connectivity index (χ2n) is 4.69. The van der Waals surface area contributed by atoms with Gasteiger partial charge in [-0.25, -0.2) is 0 Å². The Hall–Kier alpha value is -1.02. The van der Waals surface area contributed by atoms with Crippen molar-refractivity contribution in [1.82, 2.24) is 0 Å². The summed E-state index contributed by atoms with van der Waals surface area (Å²) in [5, 5.41) is 10.4. The Morgan fingerprint density at radius 3 is 2.07 bits per heavy atom. The summed E-state index contributed by atoms with van der Waals surface area (Å²) >= 11 is 0. The van der Waals surface area contributed by atoms with Crippen LogP contribution < -0.4 is 0 Å². The molecule has 14 heavy (non-hydrogen) atoms. The molecule has 0 heterocycles. The predicted octanol–water partition coefficient (Wildman–Crippen LogP) is 3.77. The molecule has 1 rings (SSSR count). The number of hydrogen-bond acceptors (Lipinski definition) is 1. The second-order valence-corrected chi connectivity index (χ2v) is 9.70. The van der Waals surface area contributed by atoms with Gasteiger partial charge in [-0.3, -0.25) is 0 Å². The minimum Gasteiger partial charge on any atom is -0.517 e. The van der Waals surface area contributed by atoms with Gasteiger partial charge in [0, 0.05) is 0 Å². The summed E-state index contributed by atoms with van der Waals surface area (Å²) in [6.07, 6.45) is 1.88. The van der Waals surface area contributed by atoms with E-state index in [1.54, 1.807) is 0 Å². The van der Waals surface area contributed by atoms with Crippen LogP contribution in [-0.4, -0.2) is 13.2 Å². The SMILES string of the molecule is Cc1ccc(/C=C(/O)[Si](C)(C)C)cc1. The molecule has 0 aliphatic heterocycles. The molecule has 1 N–H and O–H groups in total. The Labute approximate surface area is 87.1 Å². The first-order valence-corrected chi connectivity index (χ1v) is 8.37. The maximum atomic E-state index is 9.83. The van der Waals surface area contributed by atoms with E-state index >= 15 is 0 Å². The van der Waals surface area contributed by atoms with Gasteiger partial charge in [0.05, 0.1) is 5.38 Å². The topological polar surface area (TPSA) is 20.2 Å².